The summed E-state index contributed by atoms with van der Waals surface area (Å²) < 4.78 is 23.7. The maximum atomic E-state index is 12.9. The number of aliphatic hydroxyl groups excluding tert-OH is 1. The molecule has 0 bridgehead atoms. The van der Waals surface area contributed by atoms with Crippen molar-refractivity contribution in [3.63, 3.8) is 0 Å². The first kappa shape index (κ1) is 60.5. The number of hydrogen-bond donors (Lipinski definition) is 3. The van der Waals surface area contributed by atoms with Gasteiger partial charge in [0, 0.05) is 6.42 Å². The monoisotopic (exact) mass is 888 g/mol. The Balaban J connectivity index is 3.98. The van der Waals surface area contributed by atoms with E-state index in [0.29, 0.717) is 23.9 Å². The third-order valence-electron chi connectivity index (χ3n) is 12.6. The minimum Gasteiger partial charge on any atom is -0.391 e. The van der Waals surface area contributed by atoms with Crippen molar-refractivity contribution in [1.82, 2.24) is 5.32 Å². The molecule has 0 aromatic carbocycles. The number of phosphoric acid groups is 1. The molecule has 0 rings (SSSR count). The number of carbonyl (C=O) groups excluding carboxylic acids is 1. The molecule has 0 aliphatic heterocycles. The lowest BCUT2D eigenvalue weighted by molar-refractivity contribution is -0.870. The number of amides is 1. The van der Waals surface area contributed by atoms with Crippen molar-refractivity contribution in [3.8, 4) is 0 Å². The Hall–Kier alpha value is -0.500. The number of nitrogens with zero attached hydrogens (tertiary/aromatic N) is 1. The SMILES string of the molecule is CCCCCCCCCCCCCCCCCCCCCCCCCCCCCCCC(O)C(COP(=O)(O)OCC[N+](C)(C)C)NC(=O)CCCCCCCCCCCC. The zero-order valence-electron chi connectivity index (χ0n) is 41.7. The van der Waals surface area contributed by atoms with Crippen LogP contribution >= 0.6 is 7.82 Å². The fourth-order valence-corrected chi connectivity index (χ4v) is 9.08. The van der Waals surface area contributed by atoms with Crippen molar-refractivity contribution < 1.29 is 32.9 Å². The molecule has 0 aromatic rings. The zero-order chi connectivity index (χ0) is 45.0. The molecule has 0 saturated carbocycles. The highest BCUT2D eigenvalue weighted by Crippen LogP contribution is 2.43. The molecule has 0 aromatic heterocycles. The Morgan fingerprint density at radius 2 is 0.787 bits per heavy atom. The van der Waals surface area contributed by atoms with E-state index in [9.17, 15) is 19.4 Å². The number of aliphatic hydroxyl groups is 1. The van der Waals surface area contributed by atoms with Crippen LogP contribution in [-0.2, 0) is 18.4 Å². The van der Waals surface area contributed by atoms with Crippen LogP contribution in [0.15, 0.2) is 0 Å². The van der Waals surface area contributed by atoms with Gasteiger partial charge in [-0.1, -0.05) is 258 Å². The number of carbonyl (C=O) groups is 1. The van der Waals surface area contributed by atoms with E-state index in [1.165, 1.54) is 212 Å². The highest BCUT2D eigenvalue weighted by Gasteiger charge is 2.28. The number of rotatable bonds is 50. The van der Waals surface area contributed by atoms with E-state index in [0.717, 1.165) is 38.5 Å². The molecule has 0 radical (unpaired) electrons. The first-order valence-corrected chi connectivity index (χ1v) is 28.4. The summed E-state index contributed by atoms with van der Waals surface area (Å²) in [5.74, 6) is -0.142. The molecule has 1 amide bonds. The van der Waals surface area contributed by atoms with E-state index < -0.39 is 20.0 Å². The van der Waals surface area contributed by atoms with Gasteiger partial charge in [0.25, 0.3) is 0 Å². The topological polar surface area (TPSA) is 105 Å². The third-order valence-corrected chi connectivity index (χ3v) is 13.6. The average molecular weight is 888 g/mol. The van der Waals surface area contributed by atoms with Gasteiger partial charge in [0.1, 0.15) is 13.2 Å². The minimum atomic E-state index is -4.31. The summed E-state index contributed by atoms with van der Waals surface area (Å²) in [6.45, 7) is 4.91. The third kappa shape index (κ3) is 47.3. The Labute approximate surface area is 380 Å². The van der Waals surface area contributed by atoms with Crippen molar-refractivity contribution >= 4 is 13.7 Å². The van der Waals surface area contributed by atoms with Crippen LogP contribution in [-0.4, -0.2) is 73.4 Å². The number of unbranched alkanes of at least 4 members (excludes halogenated alkanes) is 37. The minimum absolute atomic E-state index is 0.0786. The van der Waals surface area contributed by atoms with Crippen LogP contribution in [0.3, 0.4) is 0 Å². The fourth-order valence-electron chi connectivity index (χ4n) is 8.34. The van der Waals surface area contributed by atoms with Gasteiger partial charge in [-0.25, -0.2) is 4.57 Å². The summed E-state index contributed by atoms with van der Waals surface area (Å²) in [5, 5.41) is 14.0. The lowest BCUT2D eigenvalue weighted by atomic mass is 10.0. The number of likely N-dealkylation sites (N-methyl/N-ethyl adjacent to an activating group) is 1. The summed E-state index contributed by atoms with van der Waals surface area (Å²) in [6, 6.07) is -0.753. The second-order valence-corrected chi connectivity index (χ2v) is 21.4. The summed E-state index contributed by atoms with van der Waals surface area (Å²) in [6.07, 6.45) is 51.7. The molecule has 0 aliphatic rings. The van der Waals surface area contributed by atoms with Crippen molar-refractivity contribution in [3.05, 3.63) is 0 Å². The van der Waals surface area contributed by atoms with E-state index in [2.05, 4.69) is 19.2 Å². The highest BCUT2D eigenvalue weighted by atomic mass is 31.2. The van der Waals surface area contributed by atoms with Crippen molar-refractivity contribution in [2.75, 3.05) is 40.9 Å². The maximum Gasteiger partial charge on any atom is 0.472 e. The van der Waals surface area contributed by atoms with Gasteiger partial charge in [0.2, 0.25) is 5.91 Å². The van der Waals surface area contributed by atoms with E-state index >= 15 is 0 Å². The van der Waals surface area contributed by atoms with Gasteiger partial charge in [-0.3, -0.25) is 13.8 Å². The molecule has 8 nitrogen and oxygen atoms in total. The Kier molecular flexibility index (Phi) is 44.3. The second kappa shape index (κ2) is 44.7. The van der Waals surface area contributed by atoms with Gasteiger partial charge < -0.3 is 19.8 Å². The number of hydrogen-bond acceptors (Lipinski definition) is 5. The van der Waals surface area contributed by atoms with E-state index in [-0.39, 0.29) is 19.1 Å². The Bertz CT molecular complexity index is 963. The summed E-state index contributed by atoms with van der Waals surface area (Å²) in [7, 11) is 1.63. The van der Waals surface area contributed by atoms with Crippen LogP contribution in [0, 0.1) is 0 Å². The molecular formula is C52H108N2O6P+. The first-order chi connectivity index (χ1) is 29.5. The van der Waals surface area contributed by atoms with E-state index in [1.54, 1.807) is 0 Å². The van der Waals surface area contributed by atoms with Crippen LogP contribution < -0.4 is 5.32 Å². The van der Waals surface area contributed by atoms with Crippen molar-refractivity contribution in [1.29, 1.82) is 0 Å². The van der Waals surface area contributed by atoms with Crippen molar-refractivity contribution in [2.45, 2.75) is 289 Å². The highest BCUT2D eigenvalue weighted by molar-refractivity contribution is 7.47. The quantitative estimate of drug-likeness (QED) is 0.0319. The molecule has 0 saturated heterocycles. The lowest BCUT2D eigenvalue weighted by Crippen LogP contribution is -2.46. The Morgan fingerprint density at radius 1 is 0.492 bits per heavy atom. The molecule has 61 heavy (non-hydrogen) atoms. The largest absolute Gasteiger partial charge is 0.472 e. The average Bonchev–Trinajstić information content (AvgIpc) is 3.21. The summed E-state index contributed by atoms with van der Waals surface area (Å²) >= 11 is 0. The number of nitrogens with one attached hydrogen (secondary N) is 1. The van der Waals surface area contributed by atoms with Crippen molar-refractivity contribution in [2.24, 2.45) is 0 Å². The predicted octanol–water partition coefficient (Wildman–Crippen LogP) is 15.7. The second-order valence-electron chi connectivity index (χ2n) is 20.0. The predicted molar refractivity (Wildman–Crippen MR) is 263 cm³/mol. The smallest absolute Gasteiger partial charge is 0.391 e. The summed E-state index contributed by atoms with van der Waals surface area (Å²) in [4.78, 5) is 23.1. The molecule has 9 heteroatoms. The van der Waals surface area contributed by atoms with Gasteiger partial charge in [0.15, 0.2) is 0 Å². The molecular weight excluding hydrogens is 780 g/mol. The van der Waals surface area contributed by atoms with Crippen LogP contribution in [0.25, 0.3) is 0 Å². The molecule has 3 atom stereocenters. The Morgan fingerprint density at radius 3 is 1.10 bits per heavy atom. The molecule has 3 unspecified atom stereocenters. The number of quaternary nitrogens is 1. The van der Waals surface area contributed by atoms with Gasteiger partial charge in [-0.15, -0.1) is 0 Å². The van der Waals surface area contributed by atoms with Gasteiger partial charge >= 0.3 is 7.82 Å². The molecule has 0 aliphatic carbocycles. The van der Waals surface area contributed by atoms with E-state index in [1.807, 2.05) is 21.1 Å². The van der Waals surface area contributed by atoms with Crippen LogP contribution in [0.4, 0.5) is 0 Å². The number of phosphoric ester groups is 1. The van der Waals surface area contributed by atoms with Crippen LogP contribution in [0.5, 0.6) is 0 Å². The van der Waals surface area contributed by atoms with Crippen LogP contribution in [0.1, 0.15) is 277 Å². The standard InChI is InChI=1S/C52H107N2O6P/c1-6-8-10-12-14-16-18-19-20-21-22-23-24-25-26-27-28-29-30-31-32-33-34-35-36-37-39-41-43-45-51(55)50(49-60-61(57,58)59-48-47-54(3,4)5)53-52(56)46-44-42-40-38-17-15-13-11-9-7-2/h50-51,55H,6-49H2,1-5H3,(H-,53,56,57,58)/p+1. The fraction of sp³-hybridized carbons (Fsp3) is 0.981. The van der Waals surface area contributed by atoms with Gasteiger partial charge in [0.05, 0.1) is 39.9 Å². The van der Waals surface area contributed by atoms with Gasteiger partial charge in [-0.2, -0.15) is 0 Å². The molecule has 0 heterocycles. The molecule has 3 N–H and O–H groups in total. The molecule has 366 valence electrons. The van der Waals surface area contributed by atoms with Gasteiger partial charge in [-0.05, 0) is 12.8 Å². The maximum absolute atomic E-state index is 12.9. The zero-order valence-corrected chi connectivity index (χ0v) is 42.6. The van der Waals surface area contributed by atoms with E-state index in [4.69, 9.17) is 9.05 Å². The summed E-state index contributed by atoms with van der Waals surface area (Å²) in [5.41, 5.74) is 0. The van der Waals surface area contributed by atoms with Crippen LogP contribution in [0.2, 0.25) is 0 Å². The first-order valence-electron chi connectivity index (χ1n) is 26.9. The lowest BCUT2D eigenvalue weighted by Gasteiger charge is -2.26. The molecule has 0 fully saturated rings. The normalized spacial score (nSPS) is 14.0. The molecule has 0 spiro atoms.